The van der Waals surface area contributed by atoms with Gasteiger partial charge in [0.2, 0.25) is 0 Å². The molecule has 0 radical (unpaired) electrons. The second-order valence-electron chi connectivity index (χ2n) is 8.01. The Labute approximate surface area is 193 Å². The van der Waals surface area contributed by atoms with Gasteiger partial charge in [-0.1, -0.05) is 12.1 Å². The minimum absolute atomic E-state index is 0.140. The highest BCUT2D eigenvalue weighted by Crippen LogP contribution is 2.30. The van der Waals surface area contributed by atoms with Gasteiger partial charge in [-0.15, -0.1) is 0 Å². The fourth-order valence-corrected chi connectivity index (χ4v) is 3.60. The molecule has 0 fully saturated rings. The minimum Gasteiger partial charge on any atom is -0.507 e. The van der Waals surface area contributed by atoms with E-state index in [1.807, 2.05) is 62.4 Å². The van der Waals surface area contributed by atoms with E-state index in [9.17, 15) is 10.2 Å². The molecule has 0 saturated heterocycles. The van der Waals surface area contributed by atoms with Gasteiger partial charge in [0.05, 0.1) is 11.4 Å². The van der Waals surface area contributed by atoms with Crippen LogP contribution in [0.5, 0.6) is 11.5 Å². The van der Waals surface area contributed by atoms with Gasteiger partial charge in [0, 0.05) is 60.2 Å². The Morgan fingerprint density at radius 3 is 1.42 bits per heavy atom. The Morgan fingerprint density at radius 2 is 1.00 bits per heavy atom. The minimum atomic E-state index is 0.140. The number of para-hydroxylation sites is 2. The first kappa shape index (κ1) is 22.1. The molecular formula is C27H26N4O2. The highest BCUT2D eigenvalue weighted by molar-refractivity contribution is 5.95. The monoisotopic (exact) mass is 438 g/mol. The van der Waals surface area contributed by atoms with Crippen molar-refractivity contribution in [1.29, 1.82) is 0 Å². The molecule has 0 amide bonds. The molecule has 3 aromatic rings. The van der Waals surface area contributed by atoms with Gasteiger partial charge in [0.15, 0.2) is 0 Å². The molecular weight excluding hydrogens is 412 g/mol. The molecule has 1 heterocycles. The zero-order valence-electron chi connectivity index (χ0n) is 18.7. The van der Waals surface area contributed by atoms with Gasteiger partial charge < -0.3 is 10.2 Å². The summed E-state index contributed by atoms with van der Waals surface area (Å²) in [5.41, 5.74) is 5.83. The van der Waals surface area contributed by atoms with Crippen LogP contribution in [0.25, 0.3) is 0 Å². The Kier molecular flexibility index (Phi) is 6.74. The fourth-order valence-electron chi connectivity index (χ4n) is 3.60. The first-order chi connectivity index (χ1) is 16.0. The van der Waals surface area contributed by atoms with Gasteiger partial charge >= 0.3 is 0 Å². The van der Waals surface area contributed by atoms with Crippen molar-refractivity contribution in [3.05, 3.63) is 81.9 Å². The third kappa shape index (κ3) is 5.41. The zero-order valence-corrected chi connectivity index (χ0v) is 18.7. The first-order valence-electron chi connectivity index (χ1n) is 10.9. The van der Waals surface area contributed by atoms with E-state index in [2.05, 4.69) is 20.0 Å². The predicted molar refractivity (Wildman–Crippen MR) is 136 cm³/mol. The van der Waals surface area contributed by atoms with Crippen LogP contribution in [0.1, 0.15) is 39.8 Å². The van der Waals surface area contributed by atoms with Crippen LogP contribution >= 0.6 is 0 Å². The lowest BCUT2D eigenvalue weighted by Crippen LogP contribution is -1.94. The van der Waals surface area contributed by atoms with E-state index in [0.717, 1.165) is 17.5 Å². The van der Waals surface area contributed by atoms with Gasteiger partial charge in [-0.2, -0.15) is 0 Å². The van der Waals surface area contributed by atoms with Gasteiger partial charge in [-0.05, 0) is 67.8 Å². The topological polar surface area (TPSA) is 89.9 Å². The van der Waals surface area contributed by atoms with Crippen molar-refractivity contribution < 1.29 is 10.2 Å². The predicted octanol–water partition coefficient (Wildman–Crippen LogP) is 5.46. The Balaban J connectivity index is 1.81. The number of aromatic hydroxyl groups is 2. The number of benzene rings is 3. The van der Waals surface area contributed by atoms with E-state index < -0.39 is 0 Å². The highest BCUT2D eigenvalue weighted by Gasteiger charge is 2.08. The summed E-state index contributed by atoms with van der Waals surface area (Å²) in [7, 11) is 0. The number of rotatable bonds is 0. The van der Waals surface area contributed by atoms with Crippen LogP contribution in [-0.2, 0) is 0 Å². The molecule has 4 bridgehead atoms. The molecule has 0 aliphatic carbocycles. The molecule has 0 saturated carbocycles. The fraction of sp³-hybridized carbons (Fsp3) is 0.185. The second-order valence-corrected chi connectivity index (χ2v) is 8.01. The van der Waals surface area contributed by atoms with Gasteiger partial charge in [0.1, 0.15) is 11.5 Å². The van der Waals surface area contributed by atoms with Gasteiger partial charge in [0.25, 0.3) is 0 Å². The number of hydrogen-bond donors (Lipinski definition) is 2. The lowest BCUT2D eigenvalue weighted by atomic mass is 10.1. The maximum absolute atomic E-state index is 10.7. The summed E-state index contributed by atoms with van der Waals surface area (Å²) >= 11 is 0. The van der Waals surface area contributed by atoms with Crippen molar-refractivity contribution in [2.24, 2.45) is 20.0 Å². The van der Waals surface area contributed by atoms with E-state index in [-0.39, 0.29) is 11.5 Å². The number of hydrogen-bond acceptors (Lipinski definition) is 6. The molecule has 0 spiro atoms. The van der Waals surface area contributed by atoms with Gasteiger partial charge in [-0.3, -0.25) is 20.0 Å². The number of nitrogens with zero attached hydrogens (tertiary/aromatic N) is 4. The highest BCUT2D eigenvalue weighted by atomic mass is 16.3. The Bertz CT molecular complexity index is 1190. The molecule has 1 aliphatic heterocycles. The molecule has 166 valence electrons. The van der Waals surface area contributed by atoms with Crippen molar-refractivity contribution in [2.45, 2.75) is 20.3 Å². The molecule has 33 heavy (non-hydrogen) atoms. The van der Waals surface area contributed by atoms with Crippen LogP contribution in [0.4, 0.5) is 11.4 Å². The number of phenolic OH excluding ortho intramolecular Hbond substituents is 2. The van der Waals surface area contributed by atoms with Crippen molar-refractivity contribution in [3.8, 4) is 11.5 Å². The summed E-state index contributed by atoms with van der Waals surface area (Å²) in [6.45, 7) is 5.11. The summed E-state index contributed by atoms with van der Waals surface area (Å²) in [6, 6.07) is 15.0. The zero-order chi connectivity index (χ0) is 23.2. The number of phenols is 2. The number of fused-ring (bicyclic) bond motifs is 5. The largest absolute Gasteiger partial charge is 0.507 e. The molecule has 0 unspecified atom stereocenters. The average molecular weight is 439 g/mol. The third-order valence-corrected chi connectivity index (χ3v) is 5.23. The quantitative estimate of drug-likeness (QED) is 0.488. The molecule has 6 nitrogen and oxygen atoms in total. The number of aliphatic imine (C=N–C) groups is 4. The second kappa shape index (κ2) is 10.0. The van der Waals surface area contributed by atoms with Crippen LogP contribution in [0.3, 0.4) is 0 Å². The lowest BCUT2D eigenvalue weighted by Gasteiger charge is -2.06. The van der Waals surface area contributed by atoms with E-state index in [1.54, 1.807) is 24.9 Å². The summed E-state index contributed by atoms with van der Waals surface area (Å²) in [5.74, 6) is 0.280. The summed E-state index contributed by atoms with van der Waals surface area (Å²) in [6.07, 6.45) is 7.41. The molecule has 0 aromatic heterocycles. The summed E-state index contributed by atoms with van der Waals surface area (Å²) < 4.78 is 0. The standard InChI is InChI=1S/C27H26N4O2/c1-18-10-20-14-28-8-5-9-29-15-21-11-19(2)13-23(27(21)33)17-31-25-7-4-3-6-24(25)30-16-22(12-18)26(20)32/h3-4,6-7,10-17,32-33H,5,8-9H2,1-2H3. The SMILES string of the molecule is Cc1cc2c(O)c(c1)C=Nc1ccccc1N=Cc1cc(C)cc(c1O)C=NCCCN=C2. The molecule has 6 heteroatoms. The van der Waals surface area contributed by atoms with E-state index in [4.69, 9.17) is 0 Å². The maximum Gasteiger partial charge on any atom is 0.133 e. The van der Waals surface area contributed by atoms with Crippen LogP contribution in [0.2, 0.25) is 0 Å². The van der Waals surface area contributed by atoms with Crippen molar-refractivity contribution in [2.75, 3.05) is 13.1 Å². The molecule has 2 N–H and O–H groups in total. The average Bonchev–Trinajstić information content (AvgIpc) is 2.80. The van der Waals surface area contributed by atoms with E-state index >= 15 is 0 Å². The summed E-state index contributed by atoms with van der Waals surface area (Å²) in [5, 5.41) is 21.5. The van der Waals surface area contributed by atoms with Crippen molar-refractivity contribution >= 4 is 36.2 Å². The van der Waals surface area contributed by atoms with E-state index in [0.29, 0.717) is 46.7 Å². The van der Waals surface area contributed by atoms with Crippen LogP contribution < -0.4 is 0 Å². The maximum atomic E-state index is 10.7. The van der Waals surface area contributed by atoms with Crippen LogP contribution in [-0.4, -0.2) is 48.2 Å². The normalized spacial score (nSPS) is 13.8. The van der Waals surface area contributed by atoms with Crippen molar-refractivity contribution in [1.82, 2.24) is 0 Å². The van der Waals surface area contributed by atoms with E-state index in [1.165, 1.54) is 0 Å². The van der Waals surface area contributed by atoms with Crippen LogP contribution in [0.15, 0.2) is 68.5 Å². The molecule has 4 rings (SSSR count). The van der Waals surface area contributed by atoms with Crippen molar-refractivity contribution in [3.63, 3.8) is 0 Å². The Morgan fingerprint density at radius 1 is 0.606 bits per heavy atom. The lowest BCUT2D eigenvalue weighted by molar-refractivity contribution is 0.473. The number of aryl methyl sites for hydroxylation is 2. The first-order valence-corrected chi connectivity index (χ1v) is 10.9. The summed E-state index contributed by atoms with van der Waals surface area (Å²) in [4.78, 5) is 18.1. The van der Waals surface area contributed by atoms with Crippen LogP contribution in [0, 0.1) is 13.8 Å². The van der Waals surface area contributed by atoms with Gasteiger partial charge in [-0.25, -0.2) is 0 Å². The molecule has 3 aromatic carbocycles. The Hall–Kier alpha value is -4.06. The third-order valence-electron chi connectivity index (χ3n) is 5.23. The molecule has 1 aliphatic rings. The molecule has 0 atom stereocenters. The smallest absolute Gasteiger partial charge is 0.133 e.